The van der Waals surface area contributed by atoms with Crippen molar-refractivity contribution in [2.24, 2.45) is 0 Å². The van der Waals surface area contributed by atoms with Gasteiger partial charge in [0.25, 0.3) is 0 Å². The lowest BCUT2D eigenvalue weighted by Crippen LogP contribution is -1.77. The fourth-order valence-electron chi connectivity index (χ4n) is 0.452. The Morgan fingerprint density at radius 2 is 2.50 bits per heavy atom. The summed E-state index contributed by atoms with van der Waals surface area (Å²) in [5, 5.41) is 6.98. The Balaban J connectivity index is 2.26. The second-order valence-corrected chi connectivity index (χ2v) is 3.04. The van der Waals surface area contributed by atoms with Crippen LogP contribution in [0.1, 0.15) is 13.3 Å². The summed E-state index contributed by atoms with van der Waals surface area (Å²) in [5.41, 5.74) is 1.70. The molecule has 0 spiro atoms. The van der Waals surface area contributed by atoms with Gasteiger partial charge in [0.2, 0.25) is 0 Å². The average molecular weight is 101 g/mol. The van der Waals surface area contributed by atoms with Gasteiger partial charge in [0.15, 0.2) is 0 Å². The van der Waals surface area contributed by atoms with Crippen molar-refractivity contribution in [3.63, 3.8) is 0 Å². The molecule has 2 heteroatoms. The number of rotatable bonds is 1. The molecule has 1 saturated heterocycles. The summed E-state index contributed by atoms with van der Waals surface area (Å²) in [4.78, 5) is 0. The molecule has 1 aliphatic rings. The molecule has 34 valence electrons. The third-order valence-corrected chi connectivity index (χ3v) is 2.40. The van der Waals surface area contributed by atoms with E-state index in [-0.39, 0.29) is 0 Å². The first-order valence-electron chi connectivity index (χ1n) is 2.19. The molecule has 1 fully saturated rings. The lowest BCUT2D eigenvalue weighted by atomic mass is 10.4. The standard InChI is InChI=1S/C4H8NP/c1-2-3-4(5)6-3/h3,5-6H,2H2,1H3. The Morgan fingerprint density at radius 3 is 2.50 bits per heavy atom. The highest BCUT2D eigenvalue weighted by Gasteiger charge is 2.26. The Kier molecular flexibility index (Phi) is 0.929. The molecule has 2 unspecified atom stereocenters. The zero-order valence-electron chi connectivity index (χ0n) is 3.78. The van der Waals surface area contributed by atoms with Crippen LogP contribution < -0.4 is 0 Å². The minimum atomic E-state index is 0.713. The Hall–Kier alpha value is 0.100. The van der Waals surface area contributed by atoms with Crippen molar-refractivity contribution in [2.75, 3.05) is 0 Å². The second-order valence-electron chi connectivity index (χ2n) is 1.52. The highest BCUT2D eigenvalue weighted by Crippen LogP contribution is 2.43. The van der Waals surface area contributed by atoms with Crippen LogP contribution in [-0.4, -0.2) is 11.1 Å². The molecule has 1 N–H and O–H groups in total. The molecule has 6 heavy (non-hydrogen) atoms. The summed E-state index contributed by atoms with van der Waals surface area (Å²) < 4.78 is 0. The number of nitrogens with one attached hydrogen (secondary N) is 1. The summed E-state index contributed by atoms with van der Waals surface area (Å²) in [5.74, 6) is 0. The van der Waals surface area contributed by atoms with E-state index in [2.05, 4.69) is 6.92 Å². The lowest BCUT2D eigenvalue weighted by Gasteiger charge is -1.72. The van der Waals surface area contributed by atoms with Gasteiger partial charge in [0.05, 0.1) is 0 Å². The predicted molar refractivity (Wildman–Crippen MR) is 30.1 cm³/mol. The minimum absolute atomic E-state index is 0.713. The summed E-state index contributed by atoms with van der Waals surface area (Å²) in [7, 11) is 0.882. The van der Waals surface area contributed by atoms with E-state index in [1.54, 1.807) is 0 Å². The van der Waals surface area contributed by atoms with Crippen molar-refractivity contribution < 1.29 is 0 Å². The fourth-order valence-corrected chi connectivity index (χ4v) is 1.15. The Morgan fingerprint density at radius 1 is 2.00 bits per heavy atom. The Bertz CT molecular complexity index is 79.6. The molecule has 0 radical (unpaired) electrons. The van der Waals surface area contributed by atoms with E-state index in [1.807, 2.05) is 0 Å². The highest BCUT2D eigenvalue weighted by molar-refractivity contribution is 7.73. The van der Waals surface area contributed by atoms with E-state index in [9.17, 15) is 0 Å². The molecule has 0 aromatic carbocycles. The van der Waals surface area contributed by atoms with Crippen LogP contribution >= 0.6 is 8.58 Å². The van der Waals surface area contributed by atoms with Crippen LogP contribution in [0.15, 0.2) is 0 Å². The van der Waals surface area contributed by atoms with Gasteiger partial charge in [-0.3, -0.25) is 0 Å². The smallest absolute Gasteiger partial charge is 0.0368 e. The molecule has 0 saturated carbocycles. The average Bonchev–Trinajstić information content (AvgIpc) is 2.19. The van der Waals surface area contributed by atoms with Gasteiger partial charge in [-0.25, -0.2) is 0 Å². The molecule has 0 aromatic rings. The maximum absolute atomic E-state index is 6.98. The summed E-state index contributed by atoms with van der Waals surface area (Å²) in [6, 6.07) is 0. The van der Waals surface area contributed by atoms with Gasteiger partial charge in [-0.15, -0.1) is 0 Å². The van der Waals surface area contributed by atoms with Gasteiger partial charge in [-0.05, 0) is 6.42 Å². The normalized spacial score (nSPS) is 34.8. The van der Waals surface area contributed by atoms with Crippen molar-refractivity contribution in [3.8, 4) is 0 Å². The van der Waals surface area contributed by atoms with Crippen LogP contribution in [0.2, 0.25) is 0 Å². The largest absolute Gasteiger partial charge is 0.305 e. The molecule has 0 bridgehead atoms. The zero-order chi connectivity index (χ0) is 4.57. The van der Waals surface area contributed by atoms with Crippen LogP contribution in [0.4, 0.5) is 0 Å². The molecule has 0 aromatic heterocycles. The molecule has 1 rings (SSSR count). The predicted octanol–water partition coefficient (Wildman–Crippen LogP) is 1.43. The van der Waals surface area contributed by atoms with Crippen molar-refractivity contribution in [2.45, 2.75) is 19.0 Å². The lowest BCUT2D eigenvalue weighted by molar-refractivity contribution is 1.05. The van der Waals surface area contributed by atoms with Crippen molar-refractivity contribution >= 4 is 14.0 Å². The SMILES string of the molecule is CCC1PC1=N. The first kappa shape index (κ1) is 4.26. The molecule has 1 aliphatic heterocycles. The van der Waals surface area contributed by atoms with Gasteiger partial charge in [0, 0.05) is 11.1 Å². The first-order valence-corrected chi connectivity index (χ1v) is 3.27. The van der Waals surface area contributed by atoms with E-state index in [4.69, 9.17) is 5.41 Å². The van der Waals surface area contributed by atoms with Gasteiger partial charge in [-0.2, -0.15) is 0 Å². The molecular weight excluding hydrogens is 93.0 g/mol. The maximum atomic E-state index is 6.98. The Labute approximate surface area is 39.4 Å². The van der Waals surface area contributed by atoms with Gasteiger partial charge in [0.1, 0.15) is 0 Å². The van der Waals surface area contributed by atoms with Crippen LogP contribution in [0.3, 0.4) is 0 Å². The van der Waals surface area contributed by atoms with E-state index >= 15 is 0 Å². The second kappa shape index (κ2) is 1.31. The quantitative estimate of drug-likeness (QED) is 0.483. The summed E-state index contributed by atoms with van der Waals surface area (Å²) >= 11 is 0. The third kappa shape index (κ3) is 0.601. The van der Waals surface area contributed by atoms with Gasteiger partial charge < -0.3 is 5.41 Å². The van der Waals surface area contributed by atoms with Crippen molar-refractivity contribution in [1.29, 1.82) is 5.41 Å². The maximum Gasteiger partial charge on any atom is 0.0368 e. The molecule has 0 aliphatic carbocycles. The summed E-state index contributed by atoms with van der Waals surface area (Å²) in [6.07, 6.45) is 1.19. The molecule has 1 nitrogen and oxygen atoms in total. The van der Waals surface area contributed by atoms with Crippen LogP contribution in [-0.2, 0) is 0 Å². The van der Waals surface area contributed by atoms with Crippen molar-refractivity contribution in [1.82, 2.24) is 0 Å². The molecule has 0 amide bonds. The van der Waals surface area contributed by atoms with Crippen LogP contribution in [0.5, 0.6) is 0 Å². The zero-order valence-corrected chi connectivity index (χ0v) is 4.78. The highest BCUT2D eigenvalue weighted by atomic mass is 31.1. The molecular formula is C4H8NP. The monoisotopic (exact) mass is 101 g/mol. The van der Waals surface area contributed by atoms with Gasteiger partial charge >= 0.3 is 0 Å². The fraction of sp³-hybridized carbons (Fsp3) is 0.750. The molecule has 2 atom stereocenters. The van der Waals surface area contributed by atoms with Crippen molar-refractivity contribution in [3.05, 3.63) is 0 Å². The van der Waals surface area contributed by atoms with E-state index < -0.39 is 0 Å². The topological polar surface area (TPSA) is 23.9 Å². The third-order valence-electron chi connectivity index (χ3n) is 1.00. The molecule has 1 heterocycles. The van der Waals surface area contributed by atoms with Crippen LogP contribution in [0, 0.1) is 5.41 Å². The van der Waals surface area contributed by atoms with E-state index in [0.717, 1.165) is 14.0 Å². The number of hydrogen-bond donors (Lipinski definition) is 1. The van der Waals surface area contributed by atoms with E-state index in [0.29, 0.717) is 5.66 Å². The number of hydrogen-bond acceptors (Lipinski definition) is 1. The van der Waals surface area contributed by atoms with Gasteiger partial charge in [-0.1, -0.05) is 15.5 Å². The minimum Gasteiger partial charge on any atom is -0.305 e. The first-order chi connectivity index (χ1) is 2.84. The summed E-state index contributed by atoms with van der Waals surface area (Å²) in [6.45, 7) is 2.14. The van der Waals surface area contributed by atoms with E-state index in [1.165, 1.54) is 6.42 Å². The van der Waals surface area contributed by atoms with Crippen LogP contribution in [0.25, 0.3) is 0 Å².